The third-order valence-electron chi connectivity index (χ3n) is 4.37. The van der Waals surface area contributed by atoms with Crippen molar-refractivity contribution >= 4 is 16.6 Å². The van der Waals surface area contributed by atoms with Crippen LogP contribution in [0, 0.1) is 12.3 Å². The standard InChI is InChI=1S/C16H21N3O/c1-12-13-6-3-4-7-14(13)15(19-18-12)17-10-16(11-20-2)8-5-9-16/h3-4,6-7H,5,8-11H2,1-2H3,(H,17,19). The molecule has 0 unspecified atom stereocenters. The van der Waals surface area contributed by atoms with Gasteiger partial charge in [-0.05, 0) is 19.8 Å². The van der Waals surface area contributed by atoms with Crippen LogP contribution in [0.3, 0.4) is 0 Å². The van der Waals surface area contributed by atoms with Gasteiger partial charge in [-0.1, -0.05) is 30.7 Å². The fourth-order valence-electron chi connectivity index (χ4n) is 2.99. The number of nitrogens with zero attached hydrogens (tertiary/aromatic N) is 2. The summed E-state index contributed by atoms with van der Waals surface area (Å²) in [6.07, 6.45) is 3.75. The zero-order valence-corrected chi connectivity index (χ0v) is 12.1. The molecule has 1 saturated carbocycles. The monoisotopic (exact) mass is 271 g/mol. The molecule has 0 atom stereocenters. The Kier molecular flexibility index (Phi) is 3.57. The number of anilines is 1. The van der Waals surface area contributed by atoms with Crippen LogP contribution in [-0.2, 0) is 4.74 Å². The van der Waals surface area contributed by atoms with Crippen LogP contribution in [0.1, 0.15) is 25.0 Å². The second-order valence-corrected chi connectivity index (χ2v) is 5.82. The Labute approximate surface area is 119 Å². The molecule has 0 radical (unpaired) electrons. The molecule has 1 aromatic carbocycles. The van der Waals surface area contributed by atoms with Crippen molar-refractivity contribution in [3.8, 4) is 0 Å². The zero-order chi connectivity index (χ0) is 14.0. The van der Waals surface area contributed by atoms with Gasteiger partial charge in [0.05, 0.1) is 12.3 Å². The van der Waals surface area contributed by atoms with E-state index < -0.39 is 0 Å². The van der Waals surface area contributed by atoms with Gasteiger partial charge in [0.25, 0.3) is 0 Å². The van der Waals surface area contributed by atoms with E-state index in [0.717, 1.165) is 30.0 Å². The number of benzene rings is 1. The Balaban J connectivity index is 1.83. The van der Waals surface area contributed by atoms with Crippen molar-refractivity contribution in [2.75, 3.05) is 25.6 Å². The lowest BCUT2D eigenvalue weighted by molar-refractivity contribution is 0.0282. The Hall–Kier alpha value is -1.68. The van der Waals surface area contributed by atoms with Crippen LogP contribution in [0.4, 0.5) is 5.82 Å². The molecule has 0 bridgehead atoms. The molecule has 4 heteroatoms. The molecule has 20 heavy (non-hydrogen) atoms. The third-order valence-corrected chi connectivity index (χ3v) is 4.37. The topological polar surface area (TPSA) is 47.0 Å². The van der Waals surface area contributed by atoms with Gasteiger partial charge in [-0.3, -0.25) is 0 Å². The van der Waals surface area contributed by atoms with Crippen LogP contribution in [-0.4, -0.2) is 30.5 Å². The van der Waals surface area contributed by atoms with Crippen molar-refractivity contribution in [2.24, 2.45) is 5.41 Å². The molecule has 1 aliphatic carbocycles. The van der Waals surface area contributed by atoms with E-state index in [1.807, 2.05) is 19.1 Å². The van der Waals surface area contributed by atoms with E-state index in [4.69, 9.17) is 4.74 Å². The van der Waals surface area contributed by atoms with Crippen LogP contribution in [0.5, 0.6) is 0 Å². The number of aryl methyl sites for hydroxylation is 1. The highest BCUT2D eigenvalue weighted by Crippen LogP contribution is 2.41. The average Bonchev–Trinajstić information content (AvgIpc) is 2.44. The molecule has 1 heterocycles. The second-order valence-electron chi connectivity index (χ2n) is 5.82. The lowest BCUT2D eigenvalue weighted by Gasteiger charge is -2.41. The molecule has 0 spiro atoms. The average molecular weight is 271 g/mol. The first-order valence-corrected chi connectivity index (χ1v) is 7.19. The molecule has 3 rings (SSSR count). The molecule has 0 aliphatic heterocycles. The number of ether oxygens (including phenoxy) is 1. The quantitative estimate of drug-likeness (QED) is 0.907. The van der Waals surface area contributed by atoms with E-state index in [-0.39, 0.29) is 5.41 Å². The highest BCUT2D eigenvalue weighted by Gasteiger charge is 2.36. The molecule has 1 aliphatic rings. The Morgan fingerprint density at radius 1 is 1.20 bits per heavy atom. The van der Waals surface area contributed by atoms with E-state index in [2.05, 4.69) is 27.6 Å². The van der Waals surface area contributed by atoms with Crippen molar-refractivity contribution in [2.45, 2.75) is 26.2 Å². The fraction of sp³-hybridized carbons (Fsp3) is 0.500. The largest absolute Gasteiger partial charge is 0.384 e. The summed E-state index contributed by atoms with van der Waals surface area (Å²) in [7, 11) is 1.78. The van der Waals surface area contributed by atoms with Crippen LogP contribution in [0.15, 0.2) is 24.3 Å². The Morgan fingerprint density at radius 2 is 1.95 bits per heavy atom. The molecule has 0 amide bonds. The molecule has 4 nitrogen and oxygen atoms in total. The van der Waals surface area contributed by atoms with Crippen LogP contribution < -0.4 is 5.32 Å². The Bertz CT molecular complexity index is 608. The predicted molar refractivity (Wildman–Crippen MR) is 80.9 cm³/mol. The van der Waals surface area contributed by atoms with Gasteiger partial charge in [0.2, 0.25) is 0 Å². The summed E-state index contributed by atoms with van der Waals surface area (Å²) in [6.45, 7) is 3.72. The second kappa shape index (κ2) is 5.37. The van der Waals surface area contributed by atoms with Crippen molar-refractivity contribution in [1.82, 2.24) is 10.2 Å². The van der Waals surface area contributed by atoms with Crippen LogP contribution in [0.2, 0.25) is 0 Å². The maximum absolute atomic E-state index is 5.37. The molecular weight excluding hydrogens is 250 g/mol. The van der Waals surface area contributed by atoms with Crippen molar-refractivity contribution in [3.63, 3.8) is 0 Å². The lowest BCUT2D eigenvalue weighted by atomic mass is 9.69. The molecule has 106 valence electrons. The maximum atomic E-state index is 5.37. The zero-order valence-electron chi connectivity index (χ0n) is 12.1. The summed E-state index contributed by atoms with van der Waals surface area (Å²) in [5.41, 5.74) is 1.25. The van der Waals surface area contributed by atoms with E-state index >= 15 is 0 Å². The van der Waals surface area contributed by atoms with Gasteiger partial charge in [0.15, 0.2) is 5.82 Å². The fourth-order valence-corrected chi connectivity index (χ4v) is 2.99. The van der Waals surface area contributed by atoms with Crippen LogP contribution >= 0.6 is 0 Å². The summed E-state index contributed by atoms with van der Waals surface area (Å²) in [5, 5.41) is 14.4. The highest BCUT2D eigenvalue weighted by molar-refractivity contribution is 5.92. The van der Waals surface area contributed by atoms with Gasteiger partial charge in [-0.2, -0.15) is 5.10 Å². The van der Waals surface area contributed by atoms with Gasteiger partial charge in [0, 0.05) is 29.8 Å². The summed E-state index contributed by atoms with van der Waals surface area (Å²) in [5.74, 6) is 0.883. The smallest absolute Gasteiger partial charge is 0.156 e. The predicted octanol–water partition coefficient (Wildman–Crippen LogP) is 3.17. The van der Waals surface area contributed by atoms with Gasteiger partial charge in [0.1, 0.15) is 0 Å². The van der Waals surface area contributed by atoms with Gasteiger partial charge in [-0.15, -0.1) is 5.10 Å². The summed E-state index contributed by atoms with van der Waals surface area (Å²) < 4.78 is 5.37. The lowest BCUT2D eigenvalue weighted by Crippen LogP contribution is -2.40. The number of methoxy groups -OCH3 is 1. The van der Waals surface area contributed by atoms with Crippen molar-refractivity contribution < 1.29 is 4.74 Å². The molecule has 2 aromatic rings. The van der Waals surface area contributed by atoms with E-state index in [9.17, 15) is 0 Å². The first-order valence-electron chi connectivity index (χ1n) is 7.19. The molecule has 0 saturated heterocycles. The molecule has 1 fully saturated rings. The van der Waals surface area contributed by atoms with E-state index in [1.54, 1.807) is 7.11 Å². The minimum atomic E-state index is 0.280. The number of hydrogen-bond acceptors (Lipinski definition) is 4. The molecule has 1 N–H and O–H groups in total. The summed E-state index contributed by atoms with van der Waals surface area (Å²) >= 11 is 0. The van der Waals surface area contributed by atoms with E-state index in [1.165, 1.54) is 24.6 Å². The molecular formula is C16H21N3O. The number of rotatable bonds is 5. The summed E-state index contributed by atoms with van der Waals surface area (Å²) in [4.78, 5) is 0. The number of fused-ring (bicyclic) bond motifs is 1. The van der Waals surface area contributed by atoms with Gasteiger partial charge >= 0.3 is 0 Å². The third kappa shape index (κ3) is 2.36. The number of nitrogens with one attached hydrogen (secondary N) is 1. The van der Waals surface area contributed by atoms with Gasteiger partial charge < -0.3 is 10.1 Å². The number of aromatic nitrogens is 2. The van der Waals surface area contributed by atoms with Crippen molar-refractivity contribution in [3.05, 3.63) is 30.0 Å². The number of hydrogen-bond donors (Lipinski definition) is 1. The minimum absolute atomic E-state index is 0.280. The SMILES string of the molecule is COCC1(CNc2nnc(C)c3ccccc23)CCC1. The highest BCUT2D eigenvalue weighted by atomic mass is 16.5. The molecule has 1 aromatic heterocycles. The minimum Gasteiger partial charge on any atom is -0.384 e. The Morgan fingerprint density at radius 3 is 2.60 bits per heavy atom. The van der Waals surface area contributed by atoms with Gasteiger partial charge in [-0.25, -0.2) is 0 Å². The van der Waals surface area contributed by atoms with Crippen molar-refractivity contribution in [1.29, 1.82) is 0 Å². The first-order chi connectivity index (χ1) is 9.74. The van der Waals surface area contributed by atoms with Crippen LogP contribution in [0.25, 0.3) is 10.8 Å². The summed E-state index contributed by atoms with van der Waals surface area (Å²) in [6, 6.07) is 8.28. The van der Waals surface area contributed by atoms with E-state index in [0.29, 0.717) is 0 Å². The first kappa shape index (κ1) is 13.3. The normalized spacial score (nSPS) is 16.9. The maximum Gasteiger partial charge on any atom is 0.156 e.